The Morgan fingerprint density at radius 3 is 2.36 bits per heavy atom. The number of nitriles is 1. The molecule has 2 heterocycles. The van der Waals surface area contributed by atoms with Crippen LogP contribution in [0.4, 0.5) is 23.4 Å². The van der Waals surface area contributed by atoms with Crippen LogP contribution >= 0.6 is 0 Å². The number of hydrogen-bond acceptors (Lipinski definition) is 5. The largest absolute Gasteiger partial charge is 0.490 e. The highest BCUT2D eigenvalue weighted by molar-refractivity contribution is 5.87. The minimum Gasteiger partial charge on any atom is -0.475 e. The van der Waals surface area contributed by atoms with Crippen LogP contribution in [0.3, 0.4) is 0 Å². The van der Waals surface area contributed by atoms with Crippen LogP contribution in [0.15, 0.2) is 60.8 Å². The average molecular weight is 495 g/mol. The van der Waals surface area contributed by atoms with Gasteiger partial charge in [0.25, 0.3) is 0 Å². The Hall–Kier alpha value is -4.72. The lowest BCUT2D eigenvalue weighted by molar-refractivity contribution is -0.192. The lowest BCUT2D eigenvalue weighted by Crippen LogP contribution is -2.21. The van der Waals surface area contributed by atoms with Gasteiger partial charge in [-0.3, -0.25) is 5.10 Å². The van der Waals surface area contributed by atoms with E-state index in [-0.39, 0.29) is 17.3 Å². The van der Waals surface area contributed by atoms with Gasteiger partial charge >= 0.3 is 12.1 Å². The first-order chi connectivity index (χ1) is 17.1. The summed E-state index contributed by atoms with van der Waals surface area (Å²) in [5.41, 5.74) is 11.5. The van der Waals surface area contributed by atoms with Crippen molar-refractivity contribution in [1.29, 1.82) is 5.26 Å². The molecule has 0 bridgehead atoms. The number of rotatable bonds is 2. The number of nitrogens with zero attached hydrogens (tertiary/aromatic N) is 3. The lowest BCUT2D eigenvalue weighted by Gasteiger charge is -2.29. The second kappa shape index (κ2) is 9.50. The zero-order valence-corrected chi connectivity index (χ0v) is 18.3. The molecule has 182 valence electrons. The lowest BCUT2D eigenvalue weighted by atomic mass is 9.76. The number of carboxylic acid groups (broad SMARTS) is 1. The maximum Gasteiger partial charge on any atom is 0.490 e. The van der Waals surface area contributed by atoms with Crippen molar-refractivity contribution in [2.45, 2.75) is 18.5 Å². The average Bonchev–Trinajstić information content (AvgIpc) is 3.32. The molecule has 0 fully saturated rings. The zero-order chi connectivity index (χ0) is 26.0. The number of H-pyrrole nitrogens is 1. The molecule has 1 aliphatic carbocycles. The molecule has 11 heteroatoms. The SMILES string of the molecule is N#Cc1c(N)nc2c(c1-c1ccccc1F)C(c1ccccc1)Cc1[nH]ncc1-2.O=C(O)C(F)(F)F. The van der Waals surface area contributed by atoms with E-state index in [4.69, 9.17) is 15.6 Å². The molecule has 0 saturated heterocycles. The Balaban J connectivity index is 0.000000384. The van der Waals surface area contributed by atoms with E-state index in [2.05, 4.69) is 21.3 Å². The van der Waals surface area contributed by atoms with E-state index in [9.17, 15) is 22.8 Å². The molecular weight excluding hydrogens is 478 g/mol. The number of alkyl halides is 3. The molecule has 1 aliphatic rings. The van der Waals surface area contributed by atoms with Crippen LogP contribution in [0.2, 0.25) is 0 Å². The molecule has 0 spiro atoms. The highest BCUT2D eigenvalue weighted by Crippen LogP contribution is 2.48. The van der Waals surface area contributed by atoms with E-state index in [0.29, 0.717) is 23.2 Å². The summed E-state index contributed by atoms with van der Waals surface area (Å²) < 4.78 is 46.6. The summed E-state index contributed by atoms with van der Waals surface area (Å²) in [6.45, 7) is 0. The first-order valence-corrected chi connectivity index (χ1v) is 10.5. The van der Waals surface area contributed by atoms with Crippen LogP contribution in [0.1, 0.15) is 28.3 Å². The summed E-state index contributed by atoms with van der Waals surface area (Å²) in [6, 6.07) is 18.6. The van der Waals surface area contributed by atoms with E-state index >= 15 is 0 Å². The van der Waals surface area contributed by atoms with Gasteiger partial charge in [0.15, 0.2) is 0 Å². The van der Waals surface area contributed by atoms with Gasteiger partial charge in [-0.05, 0) is 17.2 Å². The predicted octanol–water partition coefficient (Wildman–Crippen LogP) is 5.05. The molecule has 36 heavy (non-hydrogen) atoms. The molecule has 4 N–H and O–H groups in total. The Morgan fingerprint density at radius 2 is 1.75 bits per heavy atom. The third kappa shape index (κ3) is 4.48. The van der Waals surface area contributed by atoms with Gasteiger partial charge in [-0.15, -0.1) is 0 Å². The van der Waals surface area contributed by atoms with Gasteiger partial charge < -0.3 is 10.8 Å². The van der Waals surface area contributed by atoms with Crippen LogP contribution in [-0.2, 0) is 11.2 Å². The Kier molecular flexibility index (Phi) is 6.44. The van der Waals surface area contributed by atoms with E-state index < -0.39 is 18.0 Å². The van der Waals surface area contributed by atoms with E-state index in [1.807, 2.05) is 30.3 Å². The molecule has 0 saturated carbocycles. The van der Waals surface area contributed by atoms with E-state index in [0.717, 1.165) is 22.4 Å². The number of anilines is 1. The number of nitrogens with two attached hydrogens (primary N) is 1. The van der Waals surface area contributed by atoms with Gasteiger partial charge in [0.2, 0.25) is 0 Å². The number of nitrogens with one attached hydrogen (secondary N) is 1. The molecule has 1 unspecified atom stereocenters. The maximum absolute atomic E-state index is 14.9. The fraction of sp³-hybridized carbons (Fsp3) is 0.120. The fourth-order valence-corrected chi connectivity index (χ4v) is 4.17. The summed E-state index contributed by atoms with van der Waals surface area (Å²) in [5, 5.41) is 24.2. The predicted molar refractivity (Wildman–Crippen MR) is 122 cm³/mol. The monoisotopic (exact) mass is 495 g/mol. The number of aromatic amines is 1. The third-order valence-electron chi connectivity index (χ3n) is 5.69. The minimum absolute atomic E-state index is 0.0883. The number of carboxylic acids is 1. The Labute approximate surface area is 201 Å². The van der Waals surface area contributed by atoms with Crippen molar-refractivity contribution < 1.29 is 27.5 Å². The van der Waals surface area contributed by atoms with Crippen molar-refractivity contribution in [2.24, 2.45) is 0 Å². The summed E-state index contributed by atoms with van der Waals surface area (Å²) in [4.78, 5) is 13.5. The van der Waals surface area contributed by atoms with E-state index in [1.165, 1.54) is 6.07 Å². The Bertz CT molecular complexity index is 1480. The number of aliphatic carboxylic acids is 1. The van der Waals surface area contributed by atoms with Crippen molar-refractivity contribution in [3.63, 3.8) is 0 Å². The van der Waals surface area contributed by atoms with Crippen molar-refractivity contribution in [2.75, 3.05) is 5.73 Å². The van der Waals surface area contributed by atoms with Crippen molar-refractivity contribution in [1.82, 2.24) is 15.2 Å². The third-order valence-corrected chi connectivity index (χ3v) is 5.69. The molecule has 2 aromatic heterocycles. The normalized spacial score (nSPS) is 14.0. The Morgan fingerprint density at radius 1 is 1.11 bits per heavy atom. The van der Waals surface area contributed by atoms with Gasteiger partial charge in [-0.2, -0.15) is 23.5 Å². The number of hydrogen-bond donors (Lipinski definition) is 3. The molecule has 7 nitrogen and oxygen atoms in total. The van der Waals surface area contributed by atoms with Crippen molar-refractivity contribution in [3.8, 4) is 28.5 Å². The van der Waals surface area contributed by atoms with Gasteiger partial charge in [0, 0.05) is 34.7 Å². The topological polar surface area (TPSA) is 129 Å². The molecule has 2 aromatic carbocycles. The summed E-state index contributed by atoms with van der Waals surface area (Å²) >= 11 is 0. The minimum atomic E-state index is -5.08. The number of fused-ring (bicyclic) bond motifs is 3. The molecule has 5 rings (SSSR count). The zero-order valence-electron chi connectivity index (χ0n) is 18.3. The maximum atomic E-state index is 14.9. The van der Waals surface area contributed by atoms with Gasteiger partial charge in [0.1, 0.15) is 23.3 Å². The number of aromatic nitrogens is 3. The van der Waals surface area contributed by atoms with Crippen LogP contribution in [0.5, 0.6) is 0 Å². The molecule has 0 aliphatic heterocycles. The summed E-state index contributed by atoms with van der Waals surface area (Å²) in [5.74, 6) is -3.19. The van der Waals surface area contributed by atoms with Crippen molar-refractivity contribution >= 4 is 11.8 Å². The quantitative estimate of drug-likeness (QED) is 0.334. The molecular formula is C25H17F4N5O2. The first-order valence-electron chi connectivity index (χ1n) is 10.5. The van der Waals surface area contributed by atoms with Crippen LogP contribution < -0.4 is 5.73 Å². The van der Waals surface area contributed by atoms with Crippen molar-refractivity contribution in [3.05, 3.63) is 89.0 Å². The number of benzene rings is 2. The van der Waals surface area contributed by atoms with E-state index in [1.54, 1.807) is 24.4 Å². The number of pyridine rings is 1. The number of halogens is 4. The summed E-state index contributed by atoms with van der Waals surface area (Å²) in [7, 11) is 0. The first kappa shape index (κ1) is 24.4. The molecule has 0 amide bonds. The fourth-order valence-electron chi connectivity index (χ4n) is 4.17. The molecule has 4 aromatic rings. The second-order valence-corrected chi connectivity index (χ2v) is 7.83. The molecule has 1 atom stereocenters. The van der Waals surface area contributed by atoms with Gasteiger partial charge in [-0.1, -0.05) is 48.5 Å². The van der Waals surface area contributed by atoms with Gasteiger partial charge in [-0.25, -0.2) is 14.2 Å². The van der Waals surface area contributed by atoms with Crippen LogP contribution in [-0.4, -0.2) is 32.4 Å². The number of nitrogen functional groups attached to an aromatic ring is 1. The molecule has 0 radical (unpaired) electrons. The van der Waals surface area contributed by atoms with Crippen LogP contribution in [0, 0.1) is 17.1 Å². The highest BCUT2D eigenvalue weighted by atomic mass is 19.4. The van der Waals surface area contributed by atoms with Crippen LogP contribution in [0.25, 0.3) is 22.4 Å². The number of carbonyl (C=O) groups is 1. The second-order valence-electron chi connectivity index (χ2n) is 7.83. The smallest absolute Gasteiger partial charge is 0.475 e. The standard InChI is InChI=1S/C23H16FN5.C2HF3O2/c24-18-9-5-4-8-14(18)20-16(11-25)23(26)28-22-17-12-27-29-19(17)10-15(21(20)22)13-6-2-1-3-7-13;3-2(4,5)1(6)7/h1-9,12,15H,10H2,(H2,26,28)(H,27,29);(H,6,7). The highest BCUT2D eigenvalue weighted by Gasteiger charge is 2.38. The summed E-state index contributed by atoms with van der Waals surface area (Å²) in [6.07, 6.45) is -2.73. The van der Waals surface area contributed by atoms with Gasteiger partial charge in [0.05, 0.1) is 11.9 Å².